The molecule has 0 aliphatic heterocycles. The number of rotatable bonds is 7. The molecule has 5 aromatic rings. The molecule has 2 aromatic heterocycles. The molecule has 33 heavy (non-hydrogen) atoms. The smallest absolute Gasteiger partial charge is 0.150 e. The summed E-state index contributed by atoms with van der Waals surface area (Å²) in [5.41, 5.74) is 5.27. The molecule has 164 valence electrons. The second-order valence-corrected chi connectivity index (χ2v) is 8.14. The van der Waals surface area contributed by atoms with Gasteiger partial charge in [-0.2, -0.15) is 0 Å². The van der Waals surface area contributed by atoms with Crippen molar-refractivity contribution < 1.29 is 4.74 Å². The molecule has 0 bridgehead atoms. The van der Waals surface area contributed by atoms with Crippen molar-refractivity contribution >= 4 is 28.5 Å². The average molecular weight is 455 g/mol. The van der Waals surface area contributed by atoms with Crippen LogP contribution in [-0.4, -0.2) is 28.2 Å². The molecule has 3 aromatic carbocycles. The van der Waals surface area contributed by atoms with Gasteiger partial charge in [0.1, 0.15) is 17.9 Å². The Morgan fingerprint density at radius 1 is 0.909 bits per heavy atom. The summed E-state index contributed by atoms with van der Waals surface area (Å²) < 4.78 is 7.42. The molecule has 5 rings (SSSR count). The maximum atomic E-state index is 6.01. The molecule has 1 N–H and O–H groups in total. The van der Waals surface area contributed by atoms with E-state index in [1.54, 1.807) is 13.4 Å². The molecule has 0 saturated heterocycles. The summed E-state index contributed by atoms with van der Waals surface area (Å²) >= 11 is 6.01. The van der Waals surface area contributed by atoms with Crippen molar-refractivity contribution in [3.05, 3.63) is 102 Å². The molecule has 0 aliphatic carbocycles. The number of nitrogens with one attached hydrogen (secondary N) is 1. The molecule has 0 aliphatic rings. The van der Waals surface area contributed by atoms with Crippen LogP contribution in [0.1, 0.15) is 5.56 Å². The first-order valence-electron chi connectivity index (χ1n) is 10.8. The lowest BCUT2D eigenvalue weighted by Crippen LogP contribution is -2.07. The van der Waals surface area contributed by atoms with Gasteiger partial charge in [0.15, 0.2) is 5.65 Å². The summed E-state index contributed by atoms with van der Waals surface area (Å²) in [6, 6.07) is 26.2. The summed E-state index contributed by atoms with van der Waals surface area (Å²) in [7, 11) is 1.67. The van der Waals surface area contributed by atoms with E-state index in [1.807, 2.05) is 54.6 Å². The molecule has 0 atom stereocenters. The SMILES string of the molecule is COc1ccc(-n2cc(-c3ccccc3)c3c(NCCc4ccc(Cl)cc4)ncnc32)cc1. The summed E-state index contributed by atoms with van der Waals surface area (Å²) in [5, 5.41) is 5.27. The average Bonchev–Trinajstić information content (AvgIpc) is 3.26. The summed E-state index contributed by atoms with van der Waals surface area (Å²) in [6.07, 6.45) is 4.60. The zero-order valence-electron chi connectivity index (χ0n) is 18.2. The fraction of sp³-hybridized carbons (Fsp3) is 0.111. The Bertz CT molecular complexity index is 1360. The highest BCUT2D eigenvalue weighted by Gasteiger charge is 2.17. The summed E-state index contributed by atoms with van der Waals surface area (Å²) in [6.45, 7) is 0.746. The van der Waals surface area contributed by atoms with Crippen LogP contribution < -0.4 is 10.1 Å². The predicted octanol–water partition coefficient (Wildman–Crippen LogP) is 6.40. The number of fused-ring (bicyclic) bond motifs is 1. The van der Waals surface area contributed by atoms with Crippen LogP contribution in [-0.2, 0) is 6.42 Å². The van der Waals surface area contributed by atoms with Gasteiger partial charge in [-0.1, -0.05) is 54.1 Å². The lowest BCUT2D eigenvalue weighted by molar-refractivity contribution is 0.415. The lowest BCUT2D eigenvalue weighted by Gasteiger charge is -2.09. The molecule has 0 unspecified atom stereocenters. The van der Waals surface area contributed by atoms with Crippen LogP contribution in [0.4, 0.5) is 5.82 Å². The van der Waals surface area contributed by atoms with Crippen molar-refractivity contribution in [3.63, 3.8) is 0 Å². The van der Waals surface area contributed by atoms with E-state index < -0.39 is 0 Å². The van der Waals surface area contributed by atoms with Crippen molar-refractivity contribution in [1.82, 2.24) is 14.5 Å². The van der Waals surface area contributed by atoms with Crippen molar-refractivity contribution in [2.75, 3.05) is 19.0 Å². The van der Waals surface area contributed by atoms with Crippen molar-refractivity contribution in [2.45, 2.75) is 6.42 Å². The van der Waals surface area contributed by atoms with Gasteiger partial charge in [-0.05, 0) is 53.9 Å². The number of ether oxygens (including phenoxy) is 1. The van der Waals surface area contributed by atoms with E-state index in [1.165, 1.54) is 5.56 Å². The Morgan fingerprint density at radius 3 is 2.39 bits per heavy atom. The maximum Gasteiger partial charge on any atom is 0.150 e. The minimum absolute atomic E-state index is 0.746. The highest BCUT2D eigenvalue weighted by atomic mass is 35.5. The fourth-order valence-electron chi connectivity index (χ4n) is 3.95. The Morgan fingerprint density at radius 2 is 1.67 bits per heavy atom. The normalized spacial score (nSPS) is 11.0. The highest BCUT2D eigenvalue weighted by Crippen LogP contribution is 2.35. The Hall–Kier alpha value is -3.83. The van der Waals surface area contributed by atoms with E-state index in [0.717, 1.165) is 57.4 Å². The molecule has 0 amide bonds. The number of methoxy groups -OCH3 is 1. The van der Waals surface area contributed by atoms with Gasteiger partial charge in [-0.25, -0.2) is 9.97 Å². The molecule has 6 heteroatoms. The second kappa shape index (κ2) is 9.35. The van der Waals surface area contributed by atoms with Crippen molar-refractivity contribution in [1.29, 1.82) is 0 Å². The van der Waals surface area contributed by atoms with Crippen LogP contribution in [0.25, 0.3) is 27.8 Å². The monoisotopic (exact) mass is 454 g/mol. The van der Waals surface area contributed by atoms with E-state index in [2.05, 4.69) is 50.3 Å². The minimum atomic E-state index is 0.746. The molecule has 0 fully saturated rings. The van der Waals surface area contributed by atoms with Gasteiger partial charge in [0.2, 0.25) is 0 Å². The van der Waals surface area contributed by atoms with Gasteiger partial charge in [0.25, 0.3) is 0 Å². The first-order valence-corrected chi connectivity index (χ1v) is 11.1. The minimum Gasteiger partial charge on any atom is -0.497 e. The molecule has 0 saturated carbocycles. The number of hydrogen-bond donors (Lipinski definition) is 1. The van der Waals surface area contributed by atoms with E-state index in [0.29, 0.717) is 0 Å². The first-order chi connectivity index (χ1) is 16.2. The zero-order valence-corrected chi connectivity index (χ0v) is 19.0. The molecule has 0 spiro atoms. The van der Waals surface area contributed by atoms with Crippen LogP contribution in [0.5, 0.6) is 5.75 Å². The third kappa shape index (κ3) is 4.41. The zero-order chi connectivity index (χ0) is 22.6. The topological polar surface area (TPSA) is 52.0 Å². The molecule has 0 radical (unpaired) electrons. The van der Waals surface area contributed by atoms with Gasteiger partial charge in [-0.3, -0.25) is 0 Å². The van der Waals surface area contributed by atoms with E-state index in [-0.39, 0.29) is 0 Å². The lowest BCUT2D eigenvalue weighted by atomic mass is 10.1. The first kappa shape index (κ1) is 21.0. The Balaban J connectivity index is 1.55. The Kier molecular flexibility index (Phi) is 5.96. The summed E-state index contributed by atoms with van der Waals surface area (Å²) in [5.74, 6) is 1.64. The molecular formula is C27H23ClN4O. The largest absolute Gasteiger partial charge is 0.497 e. The third-order valence-electron chi connectivity index (χ3n) is 5.64. The number of nitrogens with zero attached hydrogens (tertiary/aromatic N) is 3. The number of halogens is 1. The van der Waals surface area contributed by atoms with Crippen LogP contribution in [0.2, 0.25) is 5.02 Å². The molecular weight excluding hydrogens is 432 g/mol. The number of hydrogen-bond acceptors (Lipinski definition) is 4. The van der Waals surface area contributed by atoms with Gasteiger partial charge in [-0.15, -0.1) is 0 Å². The number of aromatic nitrogens is 3. The summed E-state index contributed by atoms with van der Waals surface area (Å²) in [4.78, 5) is 9.24. The van der Waals surface area contributed by atoms with Gasteiger partial charge in [0.05, 0.1) is 12.5 Å². The quantitative estimate of drug-likeness (QED) is 0.309. The van der Waals surface area contributed by atoms with E-state index in [4.69, 9.17) is 16.3 Å². The molecule has 2 heterocycles. The standard InChI is InChI=1S/C27H23ClN4O/c1-33-23-13-11-22(12-14-23)32-17-24(20-5-3-2-4-6-20)25-26(30-18-31-27(25)32)29-16-15-19-7-9-21(28)10-8-19/h2-14,17-18H,15-16H2,1H3,(H,29,30,31). The van der Waals surface area contributed by atoms with Crippen LogP contribution in [0.15, 0.2) is 91.4 Å². The maximum absolute atomic E-state index is 6.01. The highest BCUT2D eigenvalue weighted by molar-refractivity contribution is 6.30. The number of benzene rings is 3. The van der Waals surface area contributed by atoms with Crippen LogP contribution in [0.3, 0.4) is 0 Å². The van der Waals surface area contributed by atoms with E-state index >= 15 is 0 Å². The fourth-order valence-corrected chi connectivity index (χ4v) is 4.07. The van der Waals surface area contributed by atoms with Crippen LogP contribution >= 0.6 is 11.6 Å². The van der Waals surface area contributed by atoms with Gasteiger partial charge < -0.3 is 14.6 Å². The number of anilines is 1. The van der Waals surface area contributed by atoms with Gasteiger partial charge in [0, 0.05) is 29.0 Å². The third-order valence-corrected chi connectivity index (χ3v) is 5.89. The van der Waals surface area contributed by atoms with E-state index in [9.17, 15) is 0 Å². The van der Waals surface area contributed by atoms with Crippen LogP contribution in [0, 0.1) is 0 Å². The predicted molar refractivity (Wildman–Crippen MR) is 134 cm³/mol. The molecule has 5 nitrogen and oxygen atoms in total. The van der Waals surface area contributed by atoms with Gasteiger partial charge >= 0.3 is 0 Å². The Labute approximate surface area is 197 Å². The van der Waals surface area contributed by atoms with Crippen molar-refractivity contribution in [3.8, 4) is 22.6 Å². The second-order valence-electron chi connectivity index (χ2n) is 7.70. The van der Waals surface area contributed by atoms with Crippen molar-refractivity contribution in [2.24, 2.45) is 0 Å².